The zero-order valence-electron chi connectivity index (χ0n) is 12.7. The molecule has 1 N–H and O–H groups in total. The van der Waals surface area contributed by atoms with Gasteiger partial charge in [-0.3, -0.25) is 0 Å². The maximum absolute atomic E-state index is 5.35. The molecule has 0 aliphatic heterocycles. The molecule has 0 aliphatic rings. The zero-order chi connectivity index (χ0) is 14.4. The van der Waals surface area contributed by atoms with Crippen LogP contribution in [0.4, 0.5) is 0 Å². The molecule has 1 heterocycles. The molecule has 20 heavy (non-hydrogen) atoms. The van der Waals surface area contributed by atoms with Gasteiger partial charge in [-0.1, -0.05) is 38.1 Å². The van der Waals surface area contributed by atoms with Gasteiger partial charge in [0.2, 0.25) is 0 Å². The van der Waals surface area contributed by atoms with Gasteiger partial charge in [0, 0.05) is 19.0 Å². The summed E-state index contributed by atoms with van der Waals surface area (Å²) >= 11 is 0. The maximum Gasteiger partial charge on any atom is 0.103 e. The van der Waals surface area contributed by atoms with Gasteiger partial charge in [0.25, 0.3) is 0 Å². The molecule has 0 amide bonds. The van der Waals surface area contributed by atoms with E-state index in [1.807, 2.05) is 12.1 Å². The topological polar surface area (TPSA) is 25.2 Å². The standard InChI is InChI=1S/C18H25NO/c1-14(2)17-9-7-16(8-10-17)13-19-15(3)6-11-18-5-4-12-20-18/h4-5,7-10,12,14-15,19H,6,11,13H2,1-3H3. The first-order chi connectivity index (χ1) is 9.65. The van der Waals surface area contributed by atoms with Crippen LogP contribution in [0.25, 0.3) is 0 Å². The first kappa shape index (κ1) is 14.9. The third-order valence-corrected chi connectivity index (χ3v) is 3.70. The Hall–Kier alpha value is -1.54. The van der Waals surface area contributed by atoms with Gasteiger partial charge in [0.1, 0.15) is 5.76 Å². The predicted molar refractivity (Wildman–Crippen MR) is 83.9 cm³/mol. The highest BCUT2D eigenvalue weighted by Crippen LogP contribution is 2.14. The second-order valence-corrected chi connectivity index (χ2v) is 5.80. The molecule has 1 aromatic carbocycles. The molecule has 2 rings (SSSR count). The van der Waals surface area contributed by atoms with Gasteiger partial charge in [-0.05, 0) is 42.5 Å². The molecule has 108 valence electrons. The molecular formula is C18H25NO. The van der Waals surface area contributed by atoms with Crippen molar-refractivity contribution in [2.75, 3.05) is 0 Å². The van der Waals surface area contributed by atoms with E-state index >= 15 is 0 Å². The lowest BCUT2D eigenvalue weighted by Crippen LogP contribution is -2.25. The summed E-state index contributed by atoms with van der Waals surface area (Å²) in [6.07, 6.45) is 3.83. The van der Waals surface area contributed by atoms with Crippen molar-refractivity contribution in [2.45, 2.75) is 52.1 Å². The summed E-state index contributed by atoms with van der Waals surface area (Å²) in [6.45, 7) is 7.61. The Morgan fingerprint density at radius 1 is 1.05 bits per heavy atom. The molecule has 1 atom stereocenters. The summed E-state index contributed by atoms with van der Waals surface area (Å²) in [4.78, 5) is 0. The number of benzene rings is 1. The van der Waals surface area contributed by atoms with Crippen LogP contribution in [0, 0.1) is 0 Å². The number of rotatable bonds is 7. The van der Waals surface area contributed by atoms with Crippen molar-refractivity contribution < 1.29 is 4.42 Å². The van der Waals surface area contributed by atoms with E-state index in [-0.39, 0.29) is 0 Å². The molecule has 0 fully saturated rings. The Bertz CT molecular complexity index is 485. The fraction of sp³-hybridized carbons (Fsp3) is 0.444. The Kier molecular flexibility index (Phi) is 5.42. The monoisotopic (exact) mass is 271 g/mol. The average molecular weight is 271 g/mol. The lowest BCUT2D eigenvalue weighted by atomic mass is 10.0. The van der Waals surface area contributed by atoms with Gasteiger partial charge in [-0.25, -0.2) is 0 Å². The maximum atomic E-state index is 5.35. The second kappa shape index (κ2) is 7.30. The minimum Gasteiger partial charge on any atom is -0.469 e. The Labute approximate surface area is 122 Å². The van der Waals surface area contributed by atoms with E-state index in [0.29, 0.717) is 12.0 Å². The Morgan fingerprint density at radius 3 is 2.40 bits per heavy atom. The third-order valence-electron chi connectivity index (χ3n) is 3.70. The third kappa shape index (κ3) is 4.53. The highest BCUT2D eigenvalue weighted by Gasteiger charge is 2.04. The van der Waals surface area contributed by atoms with E-state index in [1.54, 1.807) is 6.26 Å². The number of furan rings is 1. The molecular weight excluding hydrogens is 246 g/mol. The molecule has 0 radical (unpaired) electrons. The molecule has 0 saturated heterocycles. The molecule has 2 heteroatoms. The SMILES string of the molecule is CC(CCc1ccco1)NCc1ccc(C(C)C)cc1. The fourth-order valence-electron chi connectivity index (χ4n) is 2.23. The molecule has 0 bridgehead atoms. The van der Waals surface area contributed by atoms with Crippen LogP contribution in [0.2, 0.25) is 0 Å². The summed E-state index contributed by atoms with van der Waals surface area (Å²) in [7, 11) is 0. The molecule has 1 aromatic heterocycles. The van der Waals surface area contributed by atoms with Gasteiger partial charge in [0.15, 0.2) is 0 Å². The van der Waals surface area contributed by atoms with Crippen LogP contribution in [0.15, 0.2) is 47.1 Å². The van der Waals surface area contributed by atoms with Gasteiger partial charge < -0.3 is 9.73 Å². The van der Waals surface area contributed by atoms with E-state index in [4.69, 9.17) is 4.42 Å². The van der Waals surface area contributed by atoms with Crippen LogP contribution in [-0.2, 0) is 13.0 Å². The predicted octanol–water partition coefficient (Wildman–Crippen LogP) is 4.51. The summed E-state index contributed by atoms with van der Waals surface area (Å²) in [5.41, 5.74) is 2.75. The first-order valence-corrected chi connectivity index (χ1v) is 7.49. The number of nitrogens with one attached hydrogen (secondary N) is 1. The van der Waals surface area contributed by atoms with E-state index < -0.39 is 0 Å². The van der Waals surface area contributed by atoms with E-state index in [0.717, 1.165) is 25.1 Å². The molecule has 0 saturated carbocycles. The molecule has 1 unspecified atom stereocenters. The van der Waals surface area contributed by atoms with Crippen molar-refractivity contribution in [3.05, 3.63) is 59.5 Å². The molecule has 0 aliphatic carbocycles. The number of hydrogen-bond acceptors (Lipinski definition) is 2. The minimum atomic E-state index is 0.491. The van der Waals surface area contributed by atoms with E-state index in [1.165, 1.54) is 11.1 Å². The second-order valence-electron chi connectivity index (χ2n) is 5.80. The lowest BCUT2D eigenvalue weighted by molar-refractivity contribution is 0.460. The Morgan fingerprint density at radius 2 is 1.80 bits per heavy atom. The van der Waals surface area contributed by atoms with Crippen LogP contribution in [0.5, 0.6) is 0 Å². The van der Waals surface area contributed by atoms with Crippen molar-refractivity contribution >= 4 is 0 Å². The van der Waals surface area contributed by atoms with Gasteiger partial charge in [-0.15, -0.1) is 0 Å². The number of hydrogen-bond donors (Lipinski definition) is 1. The first-order valence-electron chi connectivity index (χ1n) is 7.49. The highest BCUT2D eigenvalue weighted by atomic mass is 16.3. The van der Waals surface area contributed by atoms with Crippen molar-refractivity contribution in [3.63, 3.8) is 0 Å². The normalized spacial score (nSPS) is 12.8. The summed E-state index contributed by atoms with van der Waals surface area (Å²) in [5, 5.41) is 3.57. The smallest absolute Gasteiger partial charge is 0.103 e. The van der Waals surface area contributed by atoms with Crippen LogP contribution in [0.1, 0.15) is 50.0 Å². The largest absolute Gasteiger partial charge is 0.469 e. The lowest BCUT2D eigenvalue weighted by Gasteiger charge is -2.13. The van der Waals surface area contributed by atoms with Crippen LogP contribution < -0.4 is 5.32 Å². The summed E-state index contributed by atoms with van der Waals surface area (Å²) < 4.78 is 5.35. The van der Waals surface area contributed by atoms with Crippen molar-refractivity contribution in [1.82, 2.24) is 5.32 Å². The van der Waals surface area contributed by atoms with Crippen molar-refractivity contribution in [2.24, 2.45) is 0 Å². The quantitative estimate of drug-likeness (QED) is 0.801. The molecule has 2 aromatic rings. The fourth-order valence-corrected chi connectivity index (χ4v) is 2.23. The minimum absolute atomic E-state index is 0.491. The molecule has 2 nitrogen and oxygen atoms in total. The average Bonchev–Trinajstić information content (AvgIpc) is 2.96. The Balaban J connectivity index is 1.73. The van der Waals surface area contributed by atoms with Gasteiger partial charge >= 0.3 is 0 Å². The van der Waals surface area contributed by atoms with E-state index in [2.05, 4.69) is 50.4 Å². The van der Waals surface area contributed by atoms with Gasteiger partial charge in [-0.2, -0.15) is 0 Å². The highest BCUT2D eigenvalue weighted by molar-refractivity contribution is 5.24. The molecule has 0 spiro atoms. The zero-order valence-corrected chi connectivity index (χ0v) is 12.7. The van der Waals surface area contributed by atoms with Crippen molar-refractivity contribution in [1.29, 1.82) is 0 Å². The van der Waals surface area contributed by atoms with Crippen LogP contribution in [0.3, 0.4) is 0 Å². The number of aryl methyl sites for hydroxylation is 1. The van der Waals surface area contributed by atoms with Crippen molar-refractivity contribution in [3.8, 4) is 0 Å². The van der Waals surface area contributed by atoms with E-state index in [9.17, 15) is 0 Å². The summed E-state index contributed by atoms with van der Waals surface area (Å²) in [5.74, 6) is 1.67. The van der Waals surface area contributed by atoms with Crippen LogP contribution in [-0.4, -0.2) is 6.04 Å². The summed E-state index contributed by atoms with van der Waals surface area (Å²) in [6, 6.07) is 13.4. The van der Waals surface area contributed by atoms with Gasteiger partial charge in [0.05, 0.1) is 6.26 Å². The van der Waals surface area contributed by atoms with Crippen LogP contribution >= 0.6 is 0 Å².